The summed E-state index contributed by atoms with van der Waals surface area (Å²) < 4.78 is 42.1. The molecule has 0 aliphatic carbocycles. The van der Waals surface area contributed by atoms with Crippen LogP contribution < -0.4 is 5.32 Å². The summed E-state index contributed by atoms with van der Waals surface area (Å²) >= 11 is 0. The molecule has 1 aromatic heterocycles. The summed E-state index contributed by atoms with van der Waals surface area (Å²) in [6.45, 7) is 2.63. The van der Waals surface area contributed by atoms with Crippen LogP contribution in [0.4, 0.5) is 18.9 Å². The molecule has 0 bridgehead atoms. The Balaban J connectivity index is 1.66. The maximum Gasteiger partial charge on any atom is 0.244 e. The fraction of sp³-hybridized carbons (Fsp3) is 0.421. The van der Waals surface area contributed by atoms with E-state index in [0.29, 0.717) is 32.4 Å². The van der Waals surface area contributed by atoms with E-state index in [1.165, 1.54) is 4.90 Å². The number of fused-ring (bicyclic) bond motifs is 1. The van der Waals surface area contributed by atoms with Gasteiger partial charge in [0, 0.05) is 37.3 Å². The van der Waals surface area contributed by atoms with Crippen molar-refractivity contribution in [1.82, 2.24) is 14.5 Å². The maximum atomic E-state index is 13.7. The fourth-order valence-corrected chi connectivity index (χ4v) is 3.36. The minimum Gasteiger partial charge on any atom is -0.335 e. The summed E-state index contributed by atoms with van der Waals surface area (Å²) in [6, 6.07) is 1.67. The lowest BCUT2D eigenvalue weighted by Crippen LogP contribution is -2.43. The van der Waals surface area contributed by atoms with Crippen molar-refractivity contribution in [3.8, 4) is 0 Å². The lowest BCUT2D eigenvalue weighted by atomic mass is 9.94. The Bertz CT molecular complexity index is 884. The highest BCUT2D eigenvalue weighted by Gasteiger charge is 2.29. The molecule has 1 aromatic carbocycles. The van der Waals surface area contributed by atoms with E-state index in [-0.39, 0.29) is 18.4 Å². The van der Waals surface area contributed by atoms with Gasteiger partial charge in [-0.3, -0.25) is 9.59 Å². The van der Waals surface area contributed by atoms with Crippen molar-refractivity contribution in [2.24, 2.45) is 5.92 Å². The third-order valence-electron chi connectivity index (χ3n) is 4.77. The number of hydrogen-bond acceptors (Lipinski definition) is 3. The molecule has 0 spiro atoms. The van der Waals surface area contributed by atoms with Gasteiger partial charge in [-0.15, -0.1) is 0 Å². The van der Waals surface area contributed by atoms with E-state index >= 15 is 0 Å². The van der Waals surface area contributed by atoms with Crippen molar-refractivity contribution >= 4 is 17.5 Å². The Morgan fingerprint density at radius 2 is 2.07 bits per heavy atom. The molecule has 0 radical (unpaired) electrons. The van der Waals surface area contributed by atoms with Crippen molar-refractivity contribution in [1.29, 1.82) is 0 Å². The average molecular weight is 394 g/mol. The number of anilines is 1. The Hall–Kier alpha value is -2.84. The predicted octanol–water partition coefficient (Wildman–Crippen LogP) is 2.74. The Morgan fingerprint density at radius 1 is 1.29 bits per heavy atom. The molecule has 1 N–H and O–H groups in total. The van der Waals surface area contributed by atoms with Crippen molar-refractivity contribution in [3.05, 3.63) is 47.8 Å². The third kappa shape index (κ3) is 4.18. The Labute approximate surface area is 160 Å². The molecular weight excluding hydrogens is 373 g/mol. The molecule has 2 amide bonds. The van der Waals surface area contributed by atoms with Gasteiger partial charge in [-0.1, -0.05) is 6.92 Å². The molecule has 6 nitrogen and oxygen atoms in total. The number of benzene rings is 1. The first kappa shape index (κ1) is 19.9. The minimum atomic E-state index is -1.65. The topological polar surface area (TPSA) is 67.2 Å². The normalized spacial score (nSPS) is 15.8. The quantitative estimate of drug-likeness (QED) is 0.767. The van der Waals surface area contributed by atoms with Crippen LogP contribution in [0.15, 0.2) is 24.7 Å². The second-order valence-electron chi connectivity index (χ2n) is 6.80. The lowest BCUT2D eigenvalue weighted by Gasteiger charge is -2.29. The number of amides is 2. The number of nitrogens with zero attached hydrogens (tertiary/aromatic N) is 3. The van der Waals surface area contributed by atoms with Crippen molar-refractivity contribution in [2.75, 3.05) is 18.4 Å². The number of aromatic nitrogens is 2. The molecule has 9 heteroatoms. The molecule has 2 aromatic rings. The largest absolute Gasteiger partial charge is 0.335 e. The Morgan fingerprint density at radius 3 is 2.82 bits per heavy atom. The first-order valence-electron chi connectivity index (χ1n) is 9.11. The maximum absolute atomic E-state index is 13.7. The molecule has 1 atom stereocenters. The zero-order valence-corrected chi connectivity index (χ0v) is 15.4. The molecular formula is C19H21F3N4O2. The standard InChI is InChI=1S/C19H21F3N4O2/c1-2-6-25(19(28)12-5-7-26-11-23-9-13(26)8-12)10-16(27)24-15-4-3-14(20)17(21)18(15)22/h3-4,9,11-12H,2,5-8,10H2,1H3,(H,24,27)/t12-/m1/s1. The average Bonchev–Trinajstić information content (AvgIpc) is 3.15. The number of aryl methyl sites for hydroxylation is 1. The van der Waals surface area contributed by atoms with Gasteiger partial charge in [0.2, 0.25) is 11.8 Å². The number of halogens is 3. The smallest absolute Gasteiger partial charge is 0.244 e. The first-order chi connectivity index (χ1) is 13.4. The number of carbonyl (C=O) groups excluding carboxylic acids is 2. The van der Waals surface area contributed by atoms with E-state index in [1.54, 1.807) is 12.5 Å². The van der Waals surface area contributed by atoms with E-state index in [0.717, 1.165) is 17.8 Å². The predicted molar refractivity (Wildman–Crippen MR) is 95.9 cm³/mol. The molecule has 150 valence electrons. The summed E-state index contributed by atoms with van der Waals surface area (Å²) in [7, 11) is 0. The highest BCUT2D eigenvalue weighted by Crippen LogP contribution is 2.23. The van der Waals surface area contributed by atoms with E-state index in [9.17, 15) is 22.8 Å². The lowest BCUT2D eigenvalue weighted by molar-refractivity contribution is -0.139. The van der Waals surface area contributed by atoms with Crippen LogP contribution in [0, 0.1) is 23.4 Å². The van der Waals surface area contributed by atoms with Gasteiger partial charge in [-0.05, 0) is 25.0 Å². The second kappa shape index (κ2) is 8.45. The summed E-state index contributed by atoms with van der Waals surface area (Å²) in [5.74, 6) is -5.55. The first-order valence-corrected chi connectivity index (χ1v) is 9.11. The Kier molecular flexibility index (Phi) is 6.01. The van der Waals surface area contributed by atoms with Gasteiger partial charge in [0.25, 0.3) is 0 Å². The van der Waals surface area contributed by atoms with Crippen molar-refractivity contribution in [3.63, 3.8) is 0 Å². The summed E-state index contributed by atoms with van der Waals surface area (Å²) in [5, 5.41) is 2.21. The zero-order valence-electron chi connectivity index (χ0n) is 15.4. The van der Waals surface area contributed by atoms with Gasteiger partial charge in [-0.2, -0.15) is 0 Å². The molecule has 1 aliphatic heterocycles. The molecule has 0 unspecified atom stereocenters. The van der Waals surface area contributed by atoms with E-state index in [4.69, 9.17) is 0 Å². The third-order valence-corrected chi connectivity index (χ3v) is 4.77. The second-order valence-corrected chi connectivity index (χ2v) is 6.80. The van der Waals surface area contributed by atoms with Crippen LogP contribution in [-0.4, -0.2) is 39.4 Å². The summed E-state index contributed by atoms with van der Waals surface area (Å²) in [4.78, 5) is 30.7. The zero-order chi connectivity index (χ0) is 20.3. The highest BCUT2D eigenvalue weighted by atomic mass is 19.2. The van der Waals surface area contributed by atoms with Gasteiger partial charge < -0.3 is 14.8 Å². The summed E-state index contributed by atoms with van der Waals surface area (Å²) in [6.07, 6.45) is 5.27. The summed E-state index contributed by atoms with van der Waals surface area (Å²) in [5.41, 5.74) is 0.503. The molecule has 2 heterocycles. The van der Waals surface area contributed by atoms with E-state index < -0.39 is 29.0 Å². The molecule has 28 heavy (non-hydrogen) atoms. The number of nitrogens with one attached hydrogen (secondary N) is 1. The van der Waals surface area contributed by atoms with Crippen LogP contribution in [0.5, 0.6) is 0 Å². The number of imidazole rings is 1. The highest BCUT2D eigenvalue weighted by molar-refractivity contribution is 5.95. The molecule has 1 aliphatic rings. The fourth-order valence-electron chi connectivity index (χ4n) is 3.36. The molecule has 0 saturated heterocycles. The van der Waals surface area contributed by atoms with Gasteiger partial charge in [0.1, 0.15) is 0 Å². The van der Waals surface area contributed by atoms with E-state index in [1.807, 2.05) is 11.5 Å². The minimum absolute atomic E-state index is 0.157. The molecule has 3 rings (SSSR count). The molecule has 0 fully saturated rings. The van der Waals surface area contributed by atoms with Gasteiger partial charge in [0.05, 0.1) is 18.6 Å². The van der Waals surface area contributed by atoms with Crippen LogP contribution in [0.1, 0.15) is 25.5 Å². The number of rotatable bonds is 6. The van der Waals surface area contributed by atoms with Crippen LogP contribution in [0.3, 0.4) is 0 Å². The van der Waals surface area contributed by atoms with Crippen LogP contribution in [-0.2, 0) is 22.6 Å². The van der Waals surface area contributed by atoms with Gasteiger partial charge in [-0.25, -0.2) is 18.2 Å². The number of hydrogen-bond donors (Lipinski definition) is 1. The monoisotopic (exact) mass is 394 g/mol. The van der Waals surface area contributed by atoms with Crippen molar-refractivity contribution in [2.45, 2.75) is 32.7 Å². The number of carbonyl (C=O) groups is 2. The van der Waals surface area contributed by atoms with Gasteiger partial charge in [0.15, 0.2) is 17.5 Å². The van der Waals surface area contributed by atoms with Crippen LogP contribution >= 0.6 is 0 Å². The molecule has 0 saturated carbocycles. The van der Waals surface area contributed by atoms with Gasteiger partial charge >= 0.3 is 0 Å². The van der Waals surface area contributed by atoms with Crippen molar-refractivity contribution < 1.29 is 22.8 Å². The van der Waals surface area contributed by atoms with Crippen LogP contribution in [0.25, 0.3) is 0 Å². The van der Waals surface area contributed by atoms with E-state index in [2.05, 4.69) is 10.3 Å². The SMILES string of the molecule is CCCN(CC(=O)Nc1ccc(F)c(F)c1F)C(=O)[C@@H]1CCn2cncc2C1. The van der Waals surface area contributed by atoms with Crippen LogP contribution in [0.2, 0.25) is 0 Å².